The molecule has 0 saturated carbocycles. The van der Waals surface area contributed by atoms with Gasteiger partial charge in [-0.3, -0.25) is 14.5 Å². The van der Waals surface area contributed by atoms with Crippen LogP contribution < -0.4 is 0 Å². The molecule has 0 N–H and O–H groups in total. The average molecular weight is 352 g/mol. The van der Waals surface area contributed by atoms with Crippen LogP contribution in [-0.2, 0) is 19.1 Å². The van der Waals surface area contributed by atoms with Gasteiger partial charge in [0.1, 0.15) is 18.2 Å². The van der Waals surface area contributed by atoms with E-state index in [9.17, 15) is 14.4 Å². The van der Waals surface area contributed by atoms with Gasteiger partial charge in [0.15, 0.2) is 0 Å². The predicted molar refractivity (Wildman–Crippen MR) is 91.8 cm³/mol. The summed E-state index contributed by atoms with van der Waals surface area (Å²) in [6.45, 7) is 7.68. The Balaban J connectivity index is 2.27. The zero-order valence-electron chi connectivity index (χ0n) is 15.7. The Kier molecular flexibility index (Phi) is 5.75. The summed E-state index contributed by atoms with van der Waals surface area (Å²) in [7, 11) is 1.30. The van der Waals surface area contributed by atoms with E-state index in [2.05, 4.69) is 0 Å². The summed E-state index contributed by atoms with van der Waals surface area (Å²) in [6, 6.07) is -0.815. The third-order valence-corrected chi connectivity index (χ3v) is 4.53. The molecule has 2 aliphatic rings. The fraction of sp³-hybridized carbons (Fsp3) is 0.722. The van der Waals surface area contributed by atoms with Crippen molar-refractivity contribution in [3.05, 3.63) is 12.2 Å². The van der Waals surface area contributed by atoms with Gasteiger partial charge in [-0.2, -0.15) is 0 Å². The van der Waals surface area contributed by atoms with Gasteiger partial charge >= 0.3 is 12.1 Å². The Hall–Kier alpha value is -2.05. The molecule has 7 heteroatoms. The lowest BCUT2D eigenvalue weighted by molar-refractivity contribution is -0.149. The van der Waals surface area contributed by atoms with Crippen LogP contribution in [0, 0.1) is 5.92 Å². The minimum Gasteiger partial charge on any atom is -0.468 e. The lowest BCUT2D eigenvalue weighted by Gasteiger charge is -2.33. The van der Waals surface area contributed by atoms with Crippen LogP contribution in [0.15, 0.2) is 12.2 Å². The van der Waals surface area contributed by atoms with Gasteiger partial charge in [0.2, 0.25) is 5.91 Å². The molecule has 3 atom stereocenters. The molecule has 140 valence electrons. The Bertz CT molecular complexity index is 566. The second-order valence-electron chi connectivity index (χ2n) is 7.47. The normalized spacial score (nSPS) is 26.3. The number of hydrogen-bond acceptors (Lipinski definition) is 5. The monoisotopic (exact) mass is 352 g/mol. The van der Waals surface area contributed by atoms with Gasteiger partial charge in [-0.15, -0.1) is 0 Å². The summed E-state index contributed by atoms with van der Waals surface area (Å²) in [5.41, 5.74) is -0.629. The maximum Gasteiger partial charge on any atom is 0.410 e. The van der Waals surface area contributed by atoms with Gasteiger partial charge in [0.25, 0.3) is 0 Å². The highest BCUT2D eigenvalue weighted by atomic mass is 16.6. The molecule has 0 aliphatic carbocycles. The first-order valence-corrected chi connectivity index (χ1v) is 8.73. The van der Waals surface area contributed by atoms with E-state index in [0.717, 1.165) is 0 Å². The first kappa shape index (κ1) is 19.3. The molecule has 25 heavy (non-hydrogen) atoms. The van der Waals surface area contributed by atoms with E-state index in [1.54, 1.807) is 20.8 Å². The van der Waals surface area contributed by atoms with Gasteiger partial charge in [-0.05, 0) is 33.6 Å². The van der Waals surface area contributed by atoms with Crippen LogP contribution in [0.1, 0.15) is 40.5 Å². The largest absolute Gasteiger partial charge is 0.468 e. The van der Waals surface area contributed by atoms with Crippen LogP contribution in [0.3, 0.4) is 0 Å². The molecule has 0 radical (unpaired) electrons. The van der Waals surface area contributed by atoms with Crippen molar-refractivity contribution < 1.29 is 23.9 Å². The summed E-state index contributed by atoms with van der Waals surface area (Å²) in [6.07, 6.45) is 4.86. The molecular formula is C18H28N2O5. The van der Waals surface area contributed by atoms with Crippen molar-refractivity contribution in [3.8, 4) is 0 Å². The summed E-state index contributed by atoms with van der Waals surface area (Å²) in [5.74, 6) is -0.757. The minimum atomic E-state index is -0.632. The number of amides is 2. The van der Waals surface area contributed by atoms with E-state index < -0.39 is 23.7 Å². The summed E-state index contributed by atoms with van der Waals surface area (Å²) >= 11 is 0. The summed E-state index contributed by atoms with van der Waals surface area (Å²) in [4.78, 5) is 40.4. The van der Waals surface area contributed by atoms with Crippen molar-refractivity contribution >= 4 is 18.0 Å². The third-order valence-electron chi connectivity index (χ3n) is 4.53. The number of carbonyl (C=O) groups excluding carboxylic acids is 3. The van der Waals surface area contributed by atoms with E-state index in [1.165, 1.54) is 16.9 Å². The van der Waals surface area contributed by atoms with Gasteiger partial charge in [0, 0.05) is 12.5 Å². The van der Waals surface area contributed by atoms with E-state index in [0.29, 0.717) is 19.4 Å². The molecule has 1 fully saturated rings. The van der Waals surface area contributed by atoms with E-state index in [4.69, 9.17) is 9.47 Å². The zero-order valence-corrected chi connectivity index (χ0v) is 15.7. The smallest absolute Gasteiger partial charge is 0.410 e. The fourth-order valence-electron chi connectivity index (χ4n) is 3.32. The molecule has 0 aromatic heterocycles. The number of nitrogens with zero attached hydrogens (tertiary/aromatic N) is 2. The van der Waals surface area contributed by atoms with Gasteiger partial charge in [-0.1, -0.05) is 19.1 Å². The quantitative estimate of drug-likeness (QED) is 0.573. The predicted octanol–water partition coefficient (Wildman–Crippen LogP) is 1.96. The Morgan fingerprint density at radius 1 is 1.28 bits per heavy atom. The second kappa shape index (κ2) is 7.45. The molecule has 0 aromatic carbocycles. The minimum absolute atomic E-state index is 0.0586. The molecule has 0 unspecified atom stereocenters. The first-order chi connectivity index (χ1) is 11.7. The summed E-state index contributed by atoms with van der Waals surface area (Å²) in [5, 5.41) is 0. The number of carbonyl (C=O) groups is 3. The van der Waals surface area contributed by atoms with Crippen LogP contribution >= 0.6 is 0 Å². The molecule has 1 saturated heterocycles. The van der Waals surface area contributed by atoms with Crippen molar-refractivity contribution in [2.24, 2.45) is 5.92 Å². The van der Waals surface area contributed by atoms with E-state index in [1.807, 2.05) is 19.1 Å². The highest BCUT2D eigenvalue weighted by Crippen LogP contribution is 2.32. The van der Waals surface area contributed by atoms with Crippen molar-refractivity contribution in [1.29, 1.82) is 0 Å². The number of methoxy groups -OCH3 is 1. The highest BCUT2D eigenvalue weighted by molar-refractivity contribution is 5.90. The topological polar surface area (TPSA) is 76.2 Å². The van der Waals surface area contributed by atoms with Crippen LogP contribution in [-0.4, -0.2) is 65.7 Å². The zero-order chi connectivity index (χ0) is 18.8. The van der Waals surface area contributed by atoms with E-state index >= 15 is 0 Å². The molecule has 2 rings (SSSR count). The number of likely N-dealkylation sites (tertiary alicyclic amines) is 1. The maximum absolute atomic E-state index is 13.2. The standard InChI is InChI=1S/C18H28N2O5/c1-6-13-8-7-12-9-10-19(17(23)25-18(2,3)4)15(12)16(22)20(13)11-14(21)24-5/h7-8,12-13,15H,6,9-11H2,1-5H3/t12-,13+,15-/m0/s1. The number of hydrogen-bond donors (Lipinski definition) is 0. The second-order valence-corrected chi connectivity index (χ2v) is 7.47. The van der Waals surface area contributed by atoms with Crippen molar-refractivity contribution in [1.82, 2.24) is 9.80 Å². The maximum atomic E-state index is 13.2. The lowest BCUT2D eigenvalue weighted by atomic mass is 10.00. The van der Waals surface area contributed by atoms with Gasteiger partial charge < -0.3 is 14.4 Å². The number of ether oxygens (including phenoxy) is 2. The molecule has 0 bridgehead atoms. The Labute approximate surface area is 148 Å². The van der Waals surface area contributed by atoms with Crippen LogP contribution in [0.4, 0.5) is 4.79 Å². The summed E-state index contributed by atoms with van der Waals surface area (Å²) < 4.78 is 10.2. The molecule has 0 spiro atoms. The molecule has 7 nitrogen and oxygen atoms in total. The Morgan fingerprint density at radius 2 is 1.96 bits per heavy atom. The molecular weight excluding hydrogens is 324 g/mol. The van der Waals surface area contributed by atoms with Crippen LogP contribution in [0.5, 0.6) is 0 Å². The van der Waals surface area contributed by atoms with E-state index in [-0.39, 0.29) is 24.4 Å². The molecule has 2 amide bonds. The van der Waals surface area contributed by atoms with Crippen molar-refractivity contribution in [2.45, 2.75) is 58.2 Å². The fourth-order valence-corrected chi connectivity index (χ4v) is 3.32. The number of rotatable bonds is 3. The van der Waals surface area contributed by atoms with Crippen LogP contribution in [0.25, 0.3) is 0 Å². The number of fused-ring (bicyclic) bond motifs is 1. The highest BCUT2D eigenvalue weighted by Gasteiger charge is 2.46. The molecule has 2 heterocycles. The average Bonchev–Trinajstić information content (AvgIpc) is 2.90. The molecule has 0 aromatic rings. The first-order valence-electron chi connectivity index (χ1n) is 8.73. The number of esters is 1. The van der Waals surface area contributed by atoms with Crippen LogP contribution in [0.2, 0.25) is 0 Å². The Morgan fingerprint density at radius 3 is 2.52 bits per heavy atom. The molecule has 2 aliphatic heterocycles. The SMILES string of the molecule is CC[C@@H]1C=C[C@H]2CCN(C(=O)OC(C)(C)C)[C@@H]2C(=O)N1CC(=O)OC. The lowest BCUT2D eigenvalue weighted by Crippen LogP contribution is -2.53. The third kappa shape index (κ3) is 4.32. The van der Waals surface area contributed by atoms with Crippen molar-refractivity contribution in [2.75, 3.05) is 20.2 Å². The van der Waals surface area contributed by atoms with Crippen molar-refractivity contribution in [3.63, 3.8) is 0 Å². The van der Waals surface area contributed by atoms with Gasteiger partial charge in [0.05, 0.1) is 13.2 Å². The van der Waals surface area contributed by atoms with Gasteiger partial charge in [-0.25, -0.2) is 4.79 Å².